The van der Waals surface area contributed by atoms with Gasteiger partial charge < -0.3 is 23.7 Å². The molecular formula is C33H30BrClN2O7S. The van der Waals surface area contributed by atoms with E-state index in [4.69, 9.17) is 35.3 Å². The number of hydrogen-bond acceptors (Lipinski definition) is 9. The summed E-state index contributed by atoms with van der Waals surface area (Å²) in [6.07, 6.45) is 3.20. The largest absolute Gasteiger partial charge is 0.493 e. The van der Waals surface area contributed by atoms with Gasteiger partial charge >= 0.3 is 5.97 Å². The van der Waals surface area contributed by atoms with Crippen molar-refractivity contribution in [2.24, 2.45) is 4.99 Å². The number of carbonyl (C=O) groups excluding carboxylic acids is 1. The third-order valence-electron chi connectivity index (χ3n) is 6.92. The number of ether oxygens (including phenoxy) is 5. The molecule has 9 nitrogen and oxygen atoms in total. The van der Waals surface area contributed by atoms with Crippen molar-refractivity contribution in [3.05, 3.63) is 112 Å². The number of hydrogen-bond donors (Lipinski definition) is 0. The van der Waals surface area contributed by atoms with Crippen LogP contribution in [-0.4, -0.2) is 38.0 Å². The Hall–Kier alpha value is -4.06. The predicted octanol–water partition coefficient (Wildman–Crippen LogP) is 5.82. The number of esters is 1. The van der Waals surface area contributed by atoms with Gasteiger partial charge in [-0.05, 0) is 61.4 Å². The van der Waals surface area contributed by atoms with Crippen LogP contribution in [0, 0.1) is 0 Å². The van der Waals surface area contributed by atoms with Crippen molar-refractivity contribution in [2.45, 2.75) is 26.5 Å². The summed E-state index contributed by atoms with van der Waals surface area (Å²) >= 11 is 11.1. The SMILES string of the molecule is CCOc1ccc([C@@H]2C(C(=O)OC)=CN=c3s/c(=C\c4cc(OC)c(OCc5ccccc5Cl)cc4Br)c(=O)n32)cc1OCC. The molecule has 0 radical (unpaired) electrons. The molecule has 234 valence electrons. The quantitative estimate of drug-likeness (QED) is 0.181. The number of benzene rings is 3. The van der Waals surface area contributed by atoms with Crippen LogP contribution in [0.3, 0.4) is 0 Å². The fourth-order valence-electron chi connectivity index (χ4n) is 4.83. The summed E-state index contributed by atoms with van der Waals surface area (Å²) in [7, 11) is 2.84. The minimum atomic E-state index is -0.802. The average Bonchev–Trinajstić information content (AvgIpc) is 3.36. The van der Waals surface area contributed by atoms with Crippen LogP contribution in [0.5, 0.6) is 23.0 Å². The number of methoxy groups -OCH3 is 2. The third kappa shape index (κ3) is 6.80. The summed E-state index contributed by atoms with van der Waals surface area (Å²) in [5.41, 5.74) is 2.06. The zero-order valence-corrected chi connectivity index (χ0v) is 28.1. The summed E-state index contributed by atoms with van der Waals surface area (Å²) in [4.78, 5) is 31.8. The van der Waals surface area contributed by atoms with E-state index in [0.717, 1.165) is 5.56 Å². The average molecular weight is 714 g/mol. The lowest BCUT2D eigenvalue weighted by Gasteiger charge is -2.23. The Labute approximate surface area is 277 Å². The minimum Gasteiger partial charge on any atom is -0.493 e. The second-order valence-electron chi connectivity index (χ2n) is 9.65. The summed E-state index contributed by atoms with van der Waals surface area (Å²) in [6.45, 7) is 4.87. The molecule has 45 heavy (non-hydrogen) atoms. The van der Waals surface area contributed by atoms with Gasteiger partial charge in [0.1, 0.15) is 6.61 Å². The van der Waals surface area contributed by atoms with Gasteiger partial charge in [-0.3, -0.25) is 9.36 Å². The van der Waals surface area contributed by atoms with Crippen LogP contribution < -0.4 is 33.8 Å². The Morgan fingerprint density at radius 3 is 2.44 bits per heavy atom. The molecule has 1 aliphatic heterocycles. The molecule has 0 saturated heterocycles. The lowest BCUT2D eigenvalue weighted by Crippen LogP contribution is -2.39. The molecule has 1 aromatic heterocycles. The van der Waals surface area contributed by atoms with Gasteiger partial charge in [0.25, 0.3) is 5.56 Å². The Morgan fingerprint density at radius 1 is 1.00 bits per heavy atom. The van der Waals surface area contributed by atoms with E-state index in [2.05, 4.69) is 20.9 Å². The van der Waals surface area contributed by atoms with E-state index in [1.54, 1.807) is 49.6 Å². The molecule has 2 heterocycles. The molecule has 0 fully saturated rings. The number of rotatable bonds is 11. The number of halogens is 2. The van der Waals surface area contributed by atoms with Gasteiger partial charge in [0, 0.05) is 21.3 Å². The first-order valence-electron chi connectivity index (χ1n) is 14.0. The number of carbonyl (C=O) groups is 1. The highest BCUT2D eigenvalue weighted by Gasteiger charge is 2.31. The Bertz CT molecular complexity index is 1950. The number of nitrogens with zero attached hydrogens (tertiary/aromatic N) is 2. The molecule has 0 saturated carbocycles. The highest BCUT2D eigenvalue weighted by atomic mass is 79.9. The Morgan fingerprint density at radius 2 is 1.73 bits per heavy atom. The fourth-order valence-corrected chi connectivity index (χ4v) is 6.42. The van der Waals surface area contributed by atoms with Crippen molar-refractivity contribution < 1.29 is 28.5 Å². The van der Waals surface area contributed by atoms with Gasteiger partial charge in [-0.15, -0.1) is 0 Å². The van der Waals surface area contributed by atoms with Gasteiger partial charge in [-0.1, -0.05) is 63.1 Å². The highest BCUT2D eigenvalue weighted by Crippen LogP contribution is 2.36. The normalized spacial score (nSPS) is 14.2. The van der Waals surface area contributed by atoms with E-state index in [-0.39, 0.29) is 17.7 Å². The Kier molecular flexibility index (Phi) is 10.3. The lowest BCUT2D eigenvalue weighted by molar-refractivity contribution is -0.136. The van der Waals surface area contributed by atoms with E-state index in [1.165, 1.54) is 29.2 Å². The van der Waals surface area contributed by atoms with Crippen LogP contribution >= 0.6 is 38.9 Å². The molecule has 0 bridgehead atoms. The first-order chi connectivity index (χ1) is 21.8. The van der Waals surface area contributed by atoms with Crippen molar-refractivity contribution >= 4 is 50.9 Å². The van der Waals surface area contributed by atoms with Crippen LogP contribution in [0.1, 0.15) is 36.6 Å². The van der Waals surface area contributed by atoms with Crippen LogP contribution in [0.4, 0.5) is 0 Å². The zero-order chi connectivity index (χ0) is 32.1. The van der Waals surface area contributed by atoms with Gasteiger partial charge in [0.2, 0.25) is 0 Å². The first kappa shape index (κ1) is 32.3. The number of aromatic nitrogens is 1. The summed E-state index contributed by atoms with van der Waals surface area (Å²) in [6, 6.07) is 15.6. The maximum Gasteiger partial charge on any atom is 0.337 e. The summed E-state index contributed by atoms with van der Waals surface area (Å²) in [5.74, 6) is 1.47. The minimum absolute atomic E-state index is 0.214. The lowest BCUT2D eigenvalue weighted by atomic mass is 9.97. The molecule has 12 heteroatoms. The van der Waals surface area contributed by atoms with E-state index in [0.29, 0.717) is 66.2 Å². The molecule has 3 aromatic carbocycles. The van der Waals surface area contributed by atoms with E-state index >= 15 is 0 Å². The van der Waals surface area contributed by atoms with E-state index in [9.17, 15) is 9.59 Å². The number of thiazole rings is 1. The van der Waals surface area contributed by atoms with Crippen LogP contribution in [0.25, 0.3) is 6.08 Å². The van der Waals surface area contributed by atoms with Crippen molar-refractivity contribution in [1.82, 2.24) is 4.57 Å². The molecule has 0 spiro atoms. The van der Waals surface area contributed by atoms with Gasteiger partial charge in [0.05, 0.1) is 43.6 Å². The second kappa shape index (κ2) is 14.4. The van der Waals surface area contributed by atoms with Crippen molar-refractivity contribution in [3.63, 3.8) is 0 Å². The van der Waals surface area contributed by atoms with E-state index in [1.807, 2.05) is 32.0 Å². The topological polar surface area (TPSA) is 97.6 Å². The number of fused-ring (bicyclic) bond motifs is 1. The monoisotopic (exact) mass is 712 g/mol. The molecule has 0 aliphatic carbocycles. The van der Waals surface area contributed by atoms with Gasteiger partial charge in [-0.2, -0.15) is 0 Å². The van der Waals surface area contributed by atoms with Crippen LogP contribution in [0.2, 0.25) is 5.02 Å². The maximum atomic E-state index is 14.0. The molecule has 1 aliphatic rings. The fraction of sp³-hybridized carbons (Fsp3) is 0.242. The molecule has 0 amide bonds. The smallest absolute Gasteiger partial charge is 0.337 e. The highest BCUT2D eigenvalue weighted by molar-refractivity contribution is 9.10. The summed E-state index contributed by atoms with van der Waals surface area (Å²) in [5, 5.41) is 0.607. The molecule has 0 N–H and O–H groups in total. The second-order valence-corrected chi connectivity index (χ2v) is 11.9. The molecule has 4 aromatic rings. The van der Waals surface area contributed by atoms with Crippen LogP contribution in [0.15, 0.2) is 80.6 Å². The predicted molar refractivity (Wildman–Crippen MR) is 176 cm³/mol. The molecular weight excluding hydrogens is 684 g/mol. The van der Waals surface area contributed by atoms with Crippen molar-refractivity contribution in [3.8, 4) is 23.0 Å². The zero-order valence-electron chi connectivity index (χ0n) is 25.0. The first-order valence-corrected chi connectivity index (χ1v) is 16.0. The standard InChI is InChI=1S/C33H30BrClN2O7S/c1-5-42-25-12-11-19(13-27(25)43-6-2)30-22(32(39)41-4)17-36-33-37(30)31(38)29(45-33)15-21-14-26(40-3)28(16-23(21)34)44-18-20-9-7-8-10-24(20)35/h7-17,30H,5-6,18H2,1-4H3/b29-15-/t30-/m1/s1. The van der Waals surface area contributed by atoms with Crippen molar-refractivity contribution in [1.29, 1.82) is 0 Å². The summed E-state index contributed by atoms with van der Waals surface area (Å²) < 4.78 is 30.8. The van der Waals surface area contributed by atoms with Crippen molar-refractivity contribution in [2.75, 3.05) is 27.4 Å². The molecule has 1 atom stereocenters. The maximum absolute atomic E-state index is 14.0. The molecule has 0 unspecified atom stereocenters. The van der Waals surface area contributed by atoms with Crippen LogP contribution in [-0.2, 0) is 16.1 Å². The molecule has 5 rings (SSSR count). The Balaban J connectivity index is 1.57. The van der Waals surface area contributed by atoms with Gasteiger partial charge in [-0.25, -0.2) is 9.79 Å². The van der Waals surface area contributed by atoms with Gasteiger partial charge in [0.15, 0.2) is 27.8 Å². The van der Waals surface area contributed by atoms with E-state index < -0.39 is 12.0 Å². The third-order valence-corrected chi connectivity index (χ3v) is 8.97.